The third-order valence-corrected chi connectivity index (χ3v) is 4.93. The molecule has 4 aromatic rings. The Morgan fingerprint density at radius 1 is 1.00 bits per heavy atom. The molecular formula is C24H19FN4O3. The molecule has 0 spiro atoms. The first kappa shape index (κ1) is 20.9. The van der Waals surface area contributed by atoms with Crippen LogP contribution in [0.5, 0.6) is 0 Å². The number of non-ortho nitro benzene ring substituents is 1. The van der Waals surface area contributed by atoms with Crippen LogP contribution < -0.4 is 5.32 Å². The van der Waals surface area contributed by atoms with E-state index >= 15 is 0 Å². The molecule has 1 N–H and O–H groups in total. The van der Waals surface area contributed by atoms with E-state index in [4.69, 9.17) is 0 Å². The number of nitro groups is 1. The summed E-state index contributed by atoms with van der Waals surface area (Å²) in [6.45, 7) is 0.435. The molecule has 0 aliphatic heterocycles. The lowest BCUT2D eigenvalue weighted by Crippen LogP contribution is -2.27. The SMILES string of the molecule is O=C(NCCc1ccccc1)c1cc(-c2ccc([N+](=O)[O-])cc2)nn1-c1ccc(F)cc1. The summed E-state index contributed by atoms with van der Waals surface area (Å²) in [4.78, 5) is 23.4. The second kappa shape index (κ2) is 9.22. The Kier molecular flexibility index (Phi) is 6.03. The van der Waals surface area contributed by atoms with Crippen LogP contribution in [-0.2, 0) is 6.42 Å². The van der Waals surface area contributed by atoms with Crippen molar-refractivity contribution in [2.75, 3.05) is 6.54 Å². The first-order valence-corrected chi connectivity index (χ1v) is 9.94. The number of aromatic nitrogens is 2. The Hall–Kier alpha value is -4.33. The van der Waals surface area contributed by atoms with Gasteiger partial charge in [0.15, 0.2) is 0 Å². The average Bonchev–Trinajstić information content (AvgIpc) is 3.26. The van der Waals surface area contributed by atoms with E-state index in [9.17, 15) is 19.3 Å². The van der Waals surface area contributed by atoms with E-state index < -0.39 is 10.7 Å². The Bertz CT molecular complexity index is 1240. The normalized spacial score (nSPS) is 10.7. The molecule has 0 unspecified atom stereocenters. The van der Waals surface area contributed by atoms with Crippen LogP contribution in [0.25, 0.3) is 16.9 Å². The Balaban J connectivity index is 1.62. The Labute approximate surface area is 183 Å². The fourth-order valence-electron chi connectivity index (χ4n) is 3.27. The van der Waals surface area contributed by atoms with Crippen molar-refractivity contribution in [1.82, 2.24) is 15.1 Å². The summed E-state index contributed by atoms with van der Waals surface area (Å²) in [5, 5.41) is 18.3. The van der Waals surface area contributed by atoms with Gasteiger partial charge in [0, 0.05) is 24.2 Å². The highest BCUT2D eigenvalue weighted by Crippen LogP contribution is 2.24. The second-order valence-electron chi connectivity index (χ2n) is 7.10. The van der Waals surface area contributed by atoms with Crippen LogP contribution in [0.1, 0.15) is 16.1 Å². The van der Waals surface area contributed by atoms with E-state index in [0.717, 1.165) is 5.56 Å². The molecule has 0 saturated carbocycles. The van der Waals surface area contributed by atoms with Crippen LogP contribution in [-0.4, -0.2) is 27.2 Å². The van der Waals surface area contributed by atoms with Crippen molar-refractivity contribution in [1.29, 1.82) is 0 Å². The van der Waals surface area contributed by atoms with Crippen molar-refractivity contribution in [3.63, 3.8) is 0 Å². The molecule has 0 aliphatic rings. The number of hydrogen-bond donors (Lipinski definition) is 1. The molecule has 1 heterocycles. The first-order valence-electron chi connectivity index (χ1n) is 9.94. The van der Waals surface area contributed by atoms with Crippen LogP contribution in [0.4, 0.5) is 10.1 Å². The molecule has 0 radical (unpaired) electrons. The van der Waals surface area contributed by atoms with Crippen molar-refractivity contribution in [3.05, 3.63) is 112 Å². The molecule has 32 heavy (non-hydrogen) atoms. The molecule has 8 heteroatoms. The Morgan fingerprint density at radius 2 is 1.69 bits per heavy atom. The van der Waals surface area contributed by atoms with Crippen molar-refractivity contribution >= 4 is 11.6 Å². The number of nitrogens with zero attached hydrogens (tertiary/aromatic N) is 3. The molecule has 3 aromatic carbocycles. The molecule has 160 valence electrons. The number of amides is 1. The van der Waals surface area contributed by atoms with Gasteiger partial charge in [0.05, 0.1) is 16.3 Å². The van der Waals surface area contributed by atoms with Gasteiger partial charge in [-0.2, -0.15) is 5.10 Å². The topological polar surface area (TPSA) is 90.1 Å². The summed E-state index contributed by atoms with van der Waals surface area (Å²) in [5.74, 6) is -0.726. The zero-order chi connectivity index (χ0) is 22.5. The van der Waals surface area contributed by atoms with Crippen LogP contribution in [0.15, 0.2) is 84.9 Å². The molecule has 1 amide bonds. The predicted molar refractivity (Wildman–Crippen MR) is 118 cm³/mol. The van der Waals surface area contributed by atoms with Crippen LogP contribution in [0.2, 0.25) is 0 Å². The van der Waals surface area contributed by atoms with Gasteiger partial charge in [-0.3, -0.25) is 14.9 Å². The number of halogens is 1. The van der Waals surface area contributed by atoms with Gasteiger partial charge < -0.3 is 5.32 Å². The van der Waals surface area contributed by atoms with E-state index in [-0.39, 0.29) is 17.3 Å². The van der Waals surface area contributed by atoms with Crippen molar-refractivity contribution in [3.8, 4) is 16.9 Å². The predicted octanol–water partition coefficient (Wildman–Crippen LogP) is 4.56. The van der Waals surface area contributed by atoms with Crippen molar-refractivity contribution < 1.29 is 14.1 Å². The minimum Gasteiger partial charge on any atom is -0.350 e. The highest BCUT2D eigenvalue weighted by Gasteiger charge is 2.18. The number of nitro benzene ring substituents is 1. The van der Waals surface area contributed by atoms with Gasteiger partial charge in [-0.15, -0.1) is 0 Å². The molecule has 0 fully saturated rings. The molecule has 1 aromatic heterocycles. The van der Waals surface area contributed by atoms with E-state index in [2.05, 4.69) is 10.4 Å². The summed E-state index contributed by atoms with van der Waals surface area (Å²) in [7, 11) is 0. The van der Waals surface area contributed by atoms with Crippen LogP contribution in [0, 0.1) is 15.9 Å². The third kappa shape index (κ3) is 4.70. The third-order valence-electron chi connectivity index (χ3n) is 4.93. The fraction of sp³-hybridized carbons (Fsp3) is 0.0833. The van der Waals surface area contributed by atoms with E-state index in [1.54, 1.807) is 18.2 Å². The minimum absolute atomic E-state index is 0.0365. The smallest absolute Gasteiger partial charge is 0.270 e. The first-order chi connectivity index (χ1) is 15.5. The quantitative estimate of drug-likeness (QED) is 0.344. The highest BCUT2D eigenvalue weighted by atomic mass is 19.1. The molecule has 0 aliphatic carbocycles. The van der Waals surface area contributed by atoms with Gasteiger partial charge in [-0.25, -0.2) is 9.07 Å². The molecule has 7 nitrogen and oxygen atoms in total. The number of carbonyl (C=O) groups is 1. The van der Waals surface area contributed by atoms with Gasteiger partial charge in [-0.1, -0.05) is 30.3 Å². The summed E-state index contributed by atoms with van der Waals surface area (Å²) >= 11 is 0. The molecule has 4 rings (SSSR count). The maximum atomic E-state index is 13.4. The largest absolute Gasteiger partial charge is 0.350 e. The van der Waals surface area contributed by atoms with E-state index in [1.807, 2.05) is 30.3 Å². The van der Waals surface area contributed by atoms with Gasteiger partial charge in [-0.05, 0) is 54.4 Å². The minimum atomic E-state index is -0.480. The lowest BCUT2D eigenvalue weighted by molar-refractivity contribution is -0.384. The van der Waals surface area contributed by atoms with E-state index in [1.165, 1.54) is 41.1 Å². The molecule has 0 saturated heterocycles. The van der Waals surface area contributed by atoms with Gasteiger partial charge in [0.2, 0.25) is 0 Å². The molecule has 0 bridgehead atoms. The summed E-state index contributed by atoms with van der Waals surface area (Å²) in [6, 6.07) is 23.0. The monoisotopic (exact) mass is 430 g/mol. The van der Waals surface area contributed by atoms with Crippen molar-refractivity contribution in [2.24, 2.45) is 0 Å². The number of hydrogen-bond acceptors (Lipinski definition) is 4. The lowest BCUT2D eigenvalue weighted by Gasteiger charge is -2.08. The molecular weight excluding hydrogens is 411 g/mol. The summed E-state index contributed by atoms with van der Waals surface area (Å²) in [6.07, 6.45) is 0.673. The van der Waals surface area contributed by atoms with Gasteiger partial charge in [0.1, 0.15) is 11.5 Å². The standard InChI is InChI=1S/C24H19FN4O3/c25-19-8-12-20(13-9-19)28-23(24(30)26-15-14-17-4-2-1-3-5-17)16-22(27-28)18-6-10-21(11-7-18)29(31)32/h1-13,16H,14-15H2,(H,26,30). The fourth-order valence-corrected chi connectivity index (χ4v) is 3.27. The van der Waals surface area contributed by atoms with Gasteiger partial charge in [0.25, 0.3) is 11.6 Å². The number of benzene rings is 3. The maximum absolute atomic E-state index is 13.4. The summed E-state index contributed by atoms with van der Waals surface area (Å²) in [5.41, 5.74) is 2.95. The summed E-state index contributed by atoms with van der Waals surface area (Å²) < 4.78 is 14.8. The highest BCUT2D eigenvalue weighted by molar-refractivity contribution is 5.94. The second-order valence-corrected chi connectivity index (χ2v) is 7.10. The lowest BCUT2D eigenvalue weighted by atomic mass is 10.1. The van der Waals surface area contributed by atoms with Crippen LogP contribution >= 0.6 is 0 Å². The maximum Gasteiger partial charge on any atom is 0.270 e. The number of carbonyl (C=O) groups excluding carboxylic acids is 1. The average molecular weight is 430 g/mol. The number of rotatable bonds is 7. The Morgan fingerprint density at radius 3 is 2.34 bits per heavy atom. The van der Waals surface area contributed by atoms with Crippen LogP contribution in [0.3, 0.4) is 0 Å². The molecule has 0 atom stereocenters. The zero-order valence-corrected chi connectivity index (χ0v) is 16.9. The number of nitrogens with one attached hydrogen (secondary N) is 1. The zero-order valence-electron chi connectivity index (χ0n) is 16.9. The van der Waals surface area contributed by atoms with Crippen molar-refractivity contribution in [2.45, 2.75) is 6.42 Å². The van der Waals surface area contributed by atoms with Gasteiger partial charge >= 0.3 is 0 Å². The van der Waals surface area contributed by atoms with E-state index in [0.29, 0.717) is 29.9 Å².